The Kier molecular flexibility index (Phi) is 5.57. The van der Waals surface area contributed by atoms with Gasteiger partial charge in [-0.2, -0.15) is 23.1 Å². The van der Waals surface area contributed by atoms with Gasteiger partial charge in [0.05, 0.1) is 18.4 Å². The quantitative estimate of drug-likeness (QED) is 0.857. The molecule has 2 rings (SSSR count). The van der Waals surface area contributed by atoms with Crippen LogP contribution in [0.5, 0.6) is 0 Å². The molecule has 0 radical (unpaired) electrons. The van der Waals surface area contributed by atoms with Crippen LogP contribution in [0.25, 0.3) is 0 Å². The number of nitrogens with one attached hydrogen (secondary N) is 2. The average Bonchev–Trinajstić information content (AvgIpc) is 2.93. The van der Waals surface area contributed by atoms with Crippen LogP contribution >= 0.6 is 0 Å². The van der Waals surface area contributed by atoms with Gasteiger partial charge in [0.1, 0.15) is 6.54 Å². The average molecular weight is 357 g/mol. The van der Waals surface area contributed by atoms with E-state index in [0.29, 0.717) is 0 Å². The third-order valence-corrected chi connectivity index (χ3v) is 2.80. The van der Waals surface area contributed by atoms with E-state index in [0.717, 1.165) is 16.9 Å². The molecule has 0 bridgehead atoms. The maximum Gasteiger partial charge on any atom is 0.416 e. The summed E-state index contributed by atoms with van der Waals surface area (Å²) >= 11 is 0. The first-order valence-electron chi connectivity index (χ1n) is 7.09. The number of nitrogens with zero attached hydrogens (tertiary/aromatic N) is 3. The Hall–Kier alpha value is -3.11. The van der Waals surface area contributed by atoms with E-state index >= 15 is 0 Å². The maximum absolute atomic E-state index is 12.6. The van der Waals surface area contributed by atoms with Gasteiger partial charge in [-0.1, -0.05) is 6.07 Å². The second-order valence-corrected chi connectivity index (χ2v) is 4.73. The van der Waals surface area contributed by atoms with Crippen molar-refractivity contribution in [2.24, 2.45) is 0 Å². The highest BCUT2D eigenvalue weighted by molar-refractivity contribution is 5.90. The van der Waals surface area contributed by atoms with Crippen molar-refractivity contribution >= 4 is 23.5 Å². The summed E-state index contributed by atoms with van der Waals surface area (Å²) in [5.41, 5.74) is -0.875. The van der Waals surface area contributed by atoms with E-state index in [1.54, 1.807) is 6.92 Å². The molecule has 1 heterocycles. The van der Waals surface area contributed by atoms with E-state index < -0.39 is 23.7 Å². The van der Waals surface area contributed by atoms with Crippen LogP contribution in [0.15, 0.2) is 30.5 Å². The minimum absolute atomic E-state index is 0.00291. The van der Waals surface area contributed by atoms with Gasteiger partial charge in [-0.15, -0.1) is 5.10 Å². The molecular formula is C14H14F3N5O3. The summed E-state index contributed by atoms with van der Waals surface area (Å²) in [6.45, 7) is 1.47. The Balaban J connectivity index is 1.95. The number of carbonyl (C=O) groups excluding carboxylic acids is 2. The molecule has 0 fully saturated rings. The molecule has 25 heavy (non-hydrogen) atoms. The highest BCUT2D eigenvalue weighted by Crippen LogP contribution is 2.30. The molecule has 1 aromatic carbocycles. The fourth-order valence-corrected chi connectivity index (χ4v) is 1.80. The minimum atomic E-state index is -4.50. The zero-order chi connectivity index (χ0) is 18.4. The SMILES string of the molecule is CCOC(=O)Nc1cnn(CC(=O)Nc2cccc(C(F)(F)F)c2)n1. The zero-order valence-electron chi connectivity index (χ0n) is 13.0. The molecule has 0 spiro atoms. The van der Waals surface area contributed by atoms with E-state index in [1.807, 2.05) is 0 Å². The van der Waals surface area contributed by atoms with Gasteiger partial charge in [0.2, 0.25) is 5.91 Å². The van der Waals surface area contributed by atoms with Crippen LogP contribution in [0.1, 0.15) is 12.5 Å². The molecule has 0 aliphatic rings. The largest absolute Gasteiger partial charge is 0.450 e. The number of anilines is 2. The molecule has 0 atom stereocenters. The van der Waals surface area contributed by atoms with Crippen molar-refractivity contribution in [3.63, 3.8) is 0 Å². The van der Waals surface area contributed by atoms with Gasteiger partial charge < -0.3 is 10.1 Å². The van der Waals surface area contributed by atoms with E-state index in [1.165, 1.54) is 18.3 Å². The van der Waals surface area contributed by atoms with Gasteiger partial charge in [-0.25, -0.2) is 4.79 Å². The Labute approximate surface area is 140 Å². The number of carbonyl (C=O) groups is 2. The molecule has 1 aromatic heterocycles. The monoisotopic (exact) mass is 357 g/mol. The summed E-state index contributed by atoms with van der Waals surface area (Å²) in [5, 5.41) is 12.2. The van der Waals surface area contributed by atoms with Gasteiger partial charge in [0.25, 0.3) is 0 Å². The van der Waals surface area contributed by atoms with Crippen molar-refractivity contribution in [1.29, 1.82) is 0 Å². The number of aromatic nitrogens is 3. The van der Waals surface area contributed by atoms with Crippen LogP contribution in [0.4, 0.5) is 29.5 Å². The second-order valence-electron chi connectivity index (χ2n) is 4.73. The summed E-state index contributed by atoms with van der Waals surface area (Å²) in [6.07, 6.45) is -4.02. The topological polar surface area (TPSA) is 98.1 Å². The summed E-state index contributed by atoms with van der Waals surface area (Å²) in [5.74, 6) is -0.553. The molecule has 8 nitrogen and oxygen atoms in total. The molecule has 11 heteroatoms. The normalized spacial score (nSPS) is 11.0. The number of benzene rings is 1. The number of ether oxygens (including phenoxy) is 1. The third kappa shape index (κ3) is 5.48. The Morgan fingerprint density at radius 1 is 1.28 bits per heavy atom. The van der Waals surface area contributed by atoms with Gasteiger partial charge in [0.15, 0.2) is 5.82 Å². The first-order valence-corrected chi connectivity index (χ1v) is 7.09. The van der Waals surface area contributed by atoms with Gasteiger partial charge >= 0.3 is 12.3 Å². The molecule has 0 aliphatic carbocycles. The second kappa shape index (κ2) is 7.64. The molecule has 2 aromatic rings. The Bertz CT molecular complexity index is 760. The first-order chi connectivity index (χ1) is 11.8. The molecule has 0 unspecified atom stereocenters. The number of hydrogen-bond donors (Lipinski definition) is 2. The van der Waals surface area contributed by atoms with Crippen LogP contribution in [-0.4, -0.2) is 33.6 Å². The Morgan fingerprint density at radius 2 is 2.04 bits per heavy atom. The van der Waals surface area contributed by atoms with Crippen LogP contribution in [0.2, 0.25) is 0 Å². The number of alkyl halides is 3. The summed E-state index contributed by atoms with van der Waals surface area (Å²) in [4.78, 5) is 24.1. The van der Waals surface area contributed by atoms with Crippen molar-refractivity contribution in [3.8, 4) is 0 Å². The fraction of sp³-hybridized carbons (Fsp3) is 0.286. The number of rotatable bonds is 5. The van der Waals surface area contributed by atoms with Gasteiger partial charge in [-0.05, 0) is 25.1 Å². The first kappa shape index (κ1) is 18.2. The molecular weight excluding hydrogens is 343 g/mol. The summed E-state index contributed by atoms with van der Waals surface area (Å²) < 4.78 is 42.6. The summed E-state index contributed by atoms with van der Waals surface area (Å²) in [7, 11) is 0. The van der Waals surface area contributed by atoms with Gasteiger partial charge in [0, 0.05) is 5.69 Å². The van der Waals surface area contributed by atoms with Crippen LogP contribution in [0.3, 0.4) is 0 Å². The lowest BCUT2D eigenvalue weighted by Crippen LogP contribution is -2.21. The maximum atomic E-state index is 12.6. The number of amides is 2. The minimum Gasteiger partial charge on any atom is -0.450 e. The van der Waals surface area contributed by atoms with Crippen LogP contribution < -0.4 is 10.6 Å². The number of halogens is 3. The standard InChI is InChI=1S/C14H14F3N5O3/c1-2-25-13(24)20-11-7-18-22(21-11)8-12(23)19-10-5-3-4-9(6-10)14(15,16)17/h3-7H,2,8H2,1H3,(H,19,23)(H,20,21,24). The predicted molar refractivity (Wildman–Crippen MR) is 80.7 cm³/mol. The highest BCUT2D eigenvalue weighted by atomic mass is 19.4. The van der Waals surface area contributed by atoms with E-state index in [2.05, 4.69) is 25.6 Å². The summed E-state index contributed by atoms with van der Waals surface area (Å²) in [6, 6.07) is 4.24. The van der Waals surface area contributed by atoms with E-state index in [4.69, 9.17) is 0 Å². The van der Waals surface area contributed by atoms with E-state index in [-0.39, 0.29) is 24.7 Å². The van der Waals surface area contributed by atoms with Crippen molar-refractivity contribution < 1.29 is 27.5 Å². The van der Waals surface area contributed by atoms with Crippen molar-refractivity contribution in [1.82, 2.24) is 15.0 Å². The Morgan fingerprint density at radius 3 is 2.72 bits per heavy atom. The molecule has 134 valence electrons. The fourth-order valence-electron chi connectivity index (χ4n) is 1.80. The van der Waals surface area contributed by atoms with Crippen molar-refractivity contribution in [2.75, 3.05) is 17.2 Å². The lowest BCUT2D eigenvalue weighted by atomic mass is 10.2. The van der Waals surface area contributed by atoms with Crippen LogP contribution in [0, 0.1) is 0 Å². The lowest BCUT2D eigenvalue weighted by Gasteiger charge is -2.09. The highest BCUT2D eigenvalue weighted by Gasteiger charge is 2.30. The van der Waals surface area contributed by atoms with E-state index in [9.17, 15) is 22.8 Å². The molecule has 2 N–H and O–H groups in total. The third-order valence-electron chi connectivity index (χ3n) is 2.80. The zero-order valence-corrected chi connectivity index (χ0v) is 13.0. The van der Waals surface area contributed by atoms with Crippen LogP contribution in [-0.2, 0) is 22.3 Å². The molecule has 2 amide bonds. The van der Waals surface area contributed by atoms with Crippen molar-refractivity contribution in [3.05, 3.63) is 36.0 Å². The molecule has 0 aliphatic heterocycles. The smallest absolute Gasteiger partial charge is 0.416 e. The lowest BCUT2D eigenvalue weighted by molar-refractivity contribution is -0.137. The predicted octanol–water partition coefficient (Wildman–Crippen LogP) is 2.50. The van der Waals surface area contributed by atoms with Crippen molar-refractivity contribution in [2.45, 2.75) is 19.6 Å². The van der Waals surface area contributed by atoms with Gasteiger partial charge in [-0.3, -0.25) is 10.1 Å². The molecule has 0 saturated carbocycles. The number of hydrogen-bond acceptors (Lipinski definition) is 5. The molecule has 0 saturated heterocycles.